The summed E-state index contributed by atoms with van der Waals surface area (Å²) in [4.78, 5) is 10.7. The predicted octanol–water partition coefficient (Wildman–Crippen LogP) is 1.28. The van der Waals surface area contributed by atoms with Gasteiger partial charge in [0.2, 0.25) is 0 Å². The normalized spacial score (nSPS) is 11.4. The minimum Gasteiger partial charge on any atom is -0.478 e. The van der Waals surface area contributed by atoms with Crippen molar-refractivity contribution in [3.8, 4) is 0 Å². The zero-order valence-electron chi connectivity index (χ0n) is 9.81. The van der Waals surface area contributed by atoms with Gasteiger partial charge in [-0.05, 0) is 17.7 Å². The highest BCUT2D eigenvalue weighted by molar-refractivity contribution is 9.10. The molecule has 0 aliphatic heterocycles. The second-order valence-electron chi connectivity index (χ2n) is 3.92. The third kappa shape index (κ3) is 5.16. The van der Waals surface area contributed by atoms with Gasteiger partial charge in [0.25, 0.3) is 0 Å². The number of hydrogen-bond donors (Lipinski definition) is 2. The van der Waals surface area contributed by atoms with Crippen LogP contribution in [0.3, 0.4) is 0 Å². The molecule has 0 radical (unpaired) electrons. The monoisotopic (exact) mass is 335 g/mol. The van der Waals surface area contributed by atoms with Crippen LogP contribution in [-0.4, -0.2) is 38.0 Å². The Morgan fingerprint density at radius 2 is 2.11 bits per heavy atom. The molecule has 0 heterocycles. The Morgan fingerprint density at radius 1 is 1.44 bits per heavy atom. The van der Waals surface area contributed by atoms with Crippen LogP contribution >= 0.6 is 15.9 Å². The van der Waals surface area contributed by atoms with Gasteiger partial charge in [-0.3, -0.25) is 0 Å². The number of sulfone groups is 1. The van der Waals surface area contributed by atoms with Gasteiger partial charge in [0, 0.05) is 23.8 Å². The van der Waals surface area contributed by atoms with Crippen molar-refractivity contribution in [3.05, 3.63) is 33.8 Å². The summed E-state index contributed by atoms with van der Waals surface area (Å²) >= 11 is 3.29. The number of nitrogens with one attached hydrogen (secondary N) is 1. The maximum absolute atomic E-state index is 10.9. The molecule has 0 fully saturated rings. The maximum Gasteiger partial charge on any atom is 0.335 e. The molecule has 18 heavy (non-hydrogen) atoms. The molecule has 0 spiro atoms. The lowest BCUT2D eigenvalue weighted by Crippen LogP contribution is -2.22. The van der Waals surface area contributed by atoms with Crippen molar-refractivity contribution < 1.29 is 18.3 Å². The second kappa shape index (κ2) is 6.31. The standard InChI is InChI=1S/C11H14BrNO4S/c1-18(16,17)5-4-13-7-9-3-2-8(11(14)15)6-10(9)12/h2-3,6,13H,4-5,7H2,1H3,(H,14,15). The topological polar surface area (TPSA) is 83.5 Å². The molecular weight excluding hydrogens is 322 g/mol. The Labute approximate surface area is 114 Å². The van der Waals surface area contributed by atoms with Gasteiger partial charge in [-0.25, -0.2) is 13.2 Å². The number of benzene rings is 1. The molecule has 2 N–H and O–H groups in total. The number of carbonyl (C=O) groups is 1. The van der Waals surface area contributed by atoms with E-state index in [1.54, 1.807) is 6.07 Å². The molecule has 0 amide bonds. The molecule has 7 heteroatoms. The molecule has 0 saturated heterocycles. The predicted molar refractivity (Wildman–Crippen MR) is 72.5 cm³/mol. The van der Waals surface area contributed by atoms with Gasteiger partial charge in [0.05, 0.1) is 11.3 Å². The first kappa shape index (κ1) is 15.1. The summed E-state index contributed by atoms with van der Waals surface area (Å²) < 4.78 is 22.5. The zero-order chi connectivity index (χ0) is 13.8. The van der Waals surface area contributed by atoms with Crippen molar-refractivity contribution in [3.63, 3.8) is 0 Å². The van der Waals surface area contributed by atoms with Crippen molar-refractivity contribution in [2.75, 3.05) is 18.6 Å². The molecule has 5 nitrogen and oxygen atoms in total. The summed E-state index contributed by atoms with van der Waals surface area (Å²) in [6.45, 7) is 0.849. The third-order valence-electron chi connectivity index (χ3n) is 2.27. The number of rotatable bonds is 6. The number of aromatic carboxylic acids is 1. The lowest BCUT2D eigenvalue weighted by atomic mass is 10.1. The smallest absolute Gasteiger partial charge is 0.335 e. The van der Waals surface area contributed by atoms with E-state index in [2.05, 4.69) is 21.2 Å². The second-order valence-corrected chi connectivity index (χ2v) is 7.03. The Bertz CT molecular complexity index is 542. The molecule has 0 saturated carbocycles. The fourth-order valence-electron chi connectivity index (χ4n) is 1.30. The van der Waals surface area contributed by atoms with Crippen LogP contribution in [0.25, 0.3) is 0 Å². The molecule has 1 aromatic rings. The van der Waals surface area contributed by atoms with Gasteiger partial charge in [-0.2, -0.15) is 0 Å². The Hall–Kier alpha value is -0.920. The van der Waals surface area contributed by atoms with Crippen molar-refractivity contribution in [1.82, 2.24) is 5.32 Å². The van der Waals surface area contributed by atoms with E-state index in [9.17, 15) is 13.2 Å². The van der Waals surface area contributed by atoms with Gasteiger partial charge in [0.1, 0.15) is 9.84 Å². The van der Waals surface area contributed by atoms with E-state index < -0.39 is 15.8 Å². The van der Waals surface area contributed by atoms with E-state index in [-0.39, 0.29) is 11.3 Å². The van der Waals surface area contributed by atoms with E-state index in [0.717, 1.165) is 5.56 Å². The first-order chi connectivity index (χ1) is 8.29. The number of halogens is 1. The van der Waals surface area contributed by atoms with Crippen molar-refractivity contribution in [1.29, 1.82) is 0 Å². The molecule has 1 aromatic carbocycles. The van der Waals surface area contributed by atoms with Gasteiger partial charge < -0.3 is 10.4 Å². The Balaban J connectivity index is 2.56. The molecule has 0 bridgehead atoms. The fourth-order valence-corrected chi connectivity index (χ4v) is 2.34. The SMILES string of the molecule is CS(=O)(=O)CCNCc1ccc(C(=O)O)cc1Br. The van der Waals surface area contributed by atoms with Crippen LogP contribution in [-0.2, 0) is 16.4 Å². The maximum atomic E-state index is 10.9. The summed E-state index contributed by atoms with van der Waals surface area (Å²) in [6.07, 6.45) is 1.19. The Morgan fingerprint density at radius 3 is 2.61 bits per heavy atom. The first-order valence-corrected chi connectivity index (χ1v) is 8.05. The van der Waals surface area contributed by atoms with Crippen LogP contribution in [0.5, 0.6) is 0 Å². The highest BCUT2D eigenvalue weighted by Crippen LogP contribution is 2.18. The molecule has 0 aliphatic carbocycles. The van der Waals surface area contributed by atoms with E-state index >= 15 is 0 Å². The summed E-state index contributed by atoms with van der Waals surface area (Å²) in [6, 6.07) is 4.73. The first-order valence-electron chi connectivity index (χ1n) is 5.20. The van der Waals surface area contributed by atoms with Gasteiger partial charge in [0.15, 0.2) is 0 Å². The van der Waals surface area contributed by atoms with E-state index in [1.165, 1.54) is 18.4 Å². The zero-order valence-corrected chi connectivity index (χ0v) is 12.2. The number of hydrogen-bond acceptors (Lipinski definition) is 4. The highest BCUT2D eigenvalue weighted by atomic mass is 79.9. The van der Waals surface area contributed by atoms with Crippen molar-refractivity contribution >= 4 is 31.7 Å². The van der Waals surface area contributed by atoms with Gasteiger partial charge in [-0.1, -0.05) is 22.0 Å². The van der Waals surface area contributed by atoms with E-state index in [1.807, 2.05) is 0 Å². The van der Waals surface area contributed by atoms with Crippen LogP contribution < -0.4 is 5.32 Å². The lowest BCUT2D eigenvalue weighted by molar-refractivity contribution is 0.0697. The molecule has 1 rings (SSSR count). The van der Waals surface area contributed by atoms with Gasteiger partial charge >= 0.3 is 5.97 Å². The summed E-state index contributed by atoms with van der Waals surface area (Å²) in [5, 5.41) is 11.8. The summed E-state index contributed by atoms with van der Waals surface area (Å²) in [7, 11) is -2.96. The molecule has 0 aromatic heterocycles. The van der Waals surface area contributed by atoms with Crippen molar-refractivity contribution in [2.45, 2.75) is 6.54 Å². The molecule has 0 unspecified atom stereocenters. The van der Waals surface area contributed by atoms with E-state index in [0.29, 0.717) is 17.6 Å². The number of carboxylic acid groups (broad SMARTS) is 1. The minimum atomic E-state index is -2.96. The van der Waals surface area contributed by atoms with Crippen LogP contribution in [0.1, 0.15) is 15.9 Å². The van der Waals surface area contributed by atoms with Crippen LogP contribution in [0.15, 0.2) is 22.7 Å². The summed E-state index contributed by atoms with van der Waals surface area (Å²) in [5.41, 5.74) is 1.09. The highest BCUT2D eigenvalue weighted by Gasteiger charge is 2.07. The molecule has 100 valence electrons. The molecule has 0 aliphatic rings. The van der Waals surface area contributed by atoms with Crippen LogP contribution in [0, 0.1) is 0 Å². The summed E-state index contributed by atoms with van der Waals surface area (Å²) in [5.74, 6) is -0.898. The fraction of sp³-hybridized carbons (Fsp3) is 0.364. The van der Waals surface area contributed by atoms with Gasteiger partial charge in [-0.15, -0.1) is 0 Å². The third-order valence-corrected chi connectivity index (χ3v) is 3.95. The van der Waals surface area contributed by atoms with E-state index in [4.69, 9.17) is 5.11 Å². The van der Waals surface area contributed by atoms with Crippen molar-refractivity contribution in [2.24, 2.45) is 0 Å². The quantitative estimate of drug-likeness (QED) is 0.765. The molecule has 0 atom stereocenters. The van der Waals surface area contributed by atoms with Crippen LogP contribution in [0.4, 0.5) is 0 Å². The minimum absolute atomic E-state index is 0.0812. The molecular formula is C11H14BrNO4S. The average molecular weight is 336 g/mol. The average Bonchev–Trinajstić information content (AvgIpc) is 2.24. The lowest BCUT2D eigenvalue weighted by Gasteiger charge is -2.07. The Kier molecular flexibility index (Phi) is 5.30. The van der Waals surface area contributed by atoms with Crippen LogP contribution in [0.2, 0.25) is 0 Å². The largest absolute Gasteiger partial charge is 0.478 e. The number of carboxylic acids is 1.